The van der Waals surface area contributed by atoms with Crippen molar-refractivity contribution in [3.63, 3.8) is 0 Å². The number of hydrogen-bond acceptors (Lipinski definition) is 4. The van der Waals surface area contributed by atoms with Gasteiger partial charge in [0.15, 0.2) is 0 Å². The Kier molecular flexibility index (Phi) is 3.92. The lowest BCUT2D eigenvalue weighted by molar-refractivity contribution is 0.0916. The largest absolute Gasteiger partial charge is 0.348 e. The van der Waals surface area contributed by atoms with Gasteiger partial charge < -0.3 is 5.32 Å². The van der Waals surface area contributed by atoms with Crippen molar-refractivity contribution in [1.82, 2.24) is 25.3 Å². The van der Waals surface area contributed by atoms with Crippen LogP contribution in [0.25, 0.3) is 0 Å². The molecule has 0 aliphatic heterocycles. The Labute approximate surface area is 139 Å². The quantitative estimate of drug-likeness (QED) is 0.895. The van der Waals surface area contributed by atoms with E-state index in [4.69, 9.17) is 0 Å². The second kappa shape index (κ2) is 6.22. The van der Waals surface area contributed by atoms with Gasteiger partial charge in [-0.25, -0.2) is 4.68 Å². The number of carbonyl (C=O) groups excluding carboxylic acids is 1. The molecule has 24 heavy (non-hydrogen) atoms. The van der Waals surface area contributed by atoms with Crippen molar-refractivity contribution in [3.8, 4) is 0 Å². The van der Waals surface area contributed by atoms with Gasteiger partial charge in [-0.1, -0.05) is 0 Å². The van der Waals surface area contributed by atoms with Crippen LogP contribution in [-0.2, 0) is 0 Å². The number of hydrogen-bond donors (Lipinski definition) is 2. The van der Waals surface area contributed by atoms with Gasteiger partial charge in [0.05, 0.1) is 11.7 Å². The molecule has 0 bridgehead atoms. The van der Waals surface area contributed by atoms with E-state index in [-0.39, 0.29) is 23.6 Å². The Balaban J connectivity index is 1.38. The van der Waals surface area contributed by atoms with Crippen LogP contribution < -0.4 is 10.9 Å². The predicted molar refractivity (Wildman–Crippen MR) is 87.8 cm³/mol. The van der Waals surface area contributed by atoms with Crippen LogP contribution in [0.4, 0.5) is 0 Å². The van der Waals surface area contributed by atoms with Crippen LogP contribution in [-0.4, -0.2) is 31.9 Å². The minimum atomic E-state index is -0.123. The molecule has 2 aliphatic rings. The van der Waals surface area contributed by atoms with E-state index in [2.05, 4.69) is 20.6 Å². The molecule has 126 valence electrons. The highest BCUT2D eigenvalue weighted by atomic mass is 16.2. The normalized spacial score (nSPS) is 23.8. The highest BCUT2D eigenvalue weighted by Crippen LogP contribution is 2.38. The van der Waals surface area contributed by atoms with Crippen molar-refractivity contribution in [3.05, 3.63) is 46.1 Å². The molecule has 4 rings (SSSR count). The van der Waals surface area contributed by atoms with Gasteiger partial charge in [0.1, 0.15) is 5.69 Å². The fourth-order valence-corrected chi connectivity index (χ4v) is 3.41. The Bertz CT molecular complexity index is 771. The summed E-state index contributed by atoms with van der Waals surface area (Å²) in [7, 11) is 0. The van der Waals surface area contributed by atoms with Crippen molar-refractivity contribution in [2.75, 3.05) is 0 Å². The minimum absolute atomic E-state index is 0.0238. The van der Waals surface area contributed by atoms with E-state index >= 15 is 0 Å². The highest BCUT2D eigenvalue weighted by Gasteiger charge is 2.28. The van der Waals surface area contributed by atoms with Crippen LogP contribution in [0.1, 0.15) is 66.7 Å². The lowest BCUT2D eigenvalue weighted by Gasteiger charge is -2.29. The van der Waals surface area contributed by atoms with E-state index in [0.717, 1.165) is 31.4 Å². The van der Waals surface area contributed by atoms with E-state index < -0.39 is 0 Å². The molecule has 0 aromatic carbocycles. The van der Waals surface area contributed by atoms with Gasteiger partial charge in [-0.2, -0.15) is 10.2 Å². The first kappa shape index (κ1) is 15.1. The molecular formula is C17H21N5O2. The molecule has 0 atom stereocenters. The van der Waals surface area contributed by atoms with E-state index in [0.29, 0.717) is 11.6 Å². The third-order valence-corrected chi connectivity index (χ3v) is 4.96. The monoisotopic (exact) mass is 327 g/mol. The third kappa shape index (κ3) is 3.11. The average molecular weight is 327 g/mol. The molecule has 7 heteroatoms. The number of amides is 1. The summed E-state index contributed by atoms with van der Waals surface area (Å²) in [6.45, 7) is 0. The molecule has 1 amide bonds. The fraction of sp³-hybridized carbons (Fsp3) is 0.529. The third-order valence-electron chi connectivity index (χ3n) is 4.96. The number of aromatic amines is 1. The van der Waals surface area contributed by atoms with Crippen LogP contribution in [0, 0.1) is 0 Å². The summed E-state index contributed by atoms with van der Waals surface area (Å²) in [5.74, 6) is 0.420. The molecule has 2 aliphatic carbocycles. The zero-order valence-corrected chi connectivity index (χ0v) is 13.4. The smallest absolute Gasteiger partial charge is 0.269 e. The molecule has 0 radical (unpaired) electrons. The maximum atomic E-state index is 12.1. The van der Waals surface area contributed by atoms with Crippen LogP contribution >= 0.6 is 0 Å². The van der Waals surface area contributed by atoms with E-state index in [9.17, 15) is 9.59 Å². The van der Waals surface area contributed by atoms with Gasteiger partial charge >= 0.3 is 0 Å². The lowest BCUT2D eigenvalue weighted by atomic mass is 9.91. The van der Waals surface area contributed by atoms with Crippen molar-refractivity contribution >= 4 is 5.91 Å². The number of H-pyrrole nitrogens is 1. The zero-order chi connectivity index (χ0) is 16.5. The standard InChI is InChI=1S/C17H21N5O2/c23-16-8-7-14(11-1-2-11)21-22(16)13-5-3-12(4-6-13)19-17(24)15-9-10-18-20-15/h7-13H,1-6H2,(H,18,20)(H,19,24). The molecule has 2 saturated carbocycles. The second-order valence-electron chi connectivity index (χ2n) is 6.76. The molecule has 2 aromatic heterocycles. The van der Waals surface area contributed by atoms with Crippen molar-refractivity contribution < 1.29 is 4.79 Å². The molecular weight excluding hydrogens is 306 g/mol. The van der Waals surface area contributed by atoms with Crippen LogP contribution in [0.5, 0.6) is 0 Å². The maximum Gasteiger partial charge on any atom is 0.269 e. The first-order valence-electron chi connectivity index (χ1n) is 8.60. The number of carbonyl (C=O) groups is 1. The number of rotatable bonds is 4. The molecule has 7 nitrogen and oxygen atoms in total. The molecule has 0 spiro atoms. The van der Waals surface area contributed by atoms with Crippen molar-refractivity contribution in [2.45, 2.75) is 56.5 Å². The molecule has 2 aromatic rings. The van der Waals surface area contributed by atoms with Crippen LogP contribution in [0.2, 0.25) is 0 Å². The maximum absolute atomic E-state index is 12.1. The summed E-state index contributed by atoms with van der Waals surface area (Å²) in [6.07, 6.45) is 7.34. The van der Waals surface area contributed by atoms with E-state index in [1.54, 1.807) is 23.0 Å². The first-order valence-corrected chi connectivity index (χ1v) is 8.60. The average Bonchev–Trinajstić information content (AvgIpc) is 3.30. The summed E-state index contributed by atoms with van der Waals surface area (Å²) in [6, 6.07) is 5.45. The lowest BCUT2D eigenvalue weighted by Crippen LogP contribution is -2.39. The summed E-state index contributed by atoms with van der Waals surface area (Å²) in [5, 5.41) is 14.1. The van der Waals surface area contributed by atoms with Gasteiger partial charge in [0.2, 0.25) is 0 Å². The molecule has 2 fully saturated rings. The summed E-state index contributed by atoms with van der Waals surface area (Å²) in [4.78, 5) is 24.2. The van der Waals surface area contributed by atoms with Gasteiger partial charge in [0, 0.05) is 24.2 Å². The molecule has 0 saturated heterocycles. The first-order chi connectivity index (χ1) is 11.7. The van der Waals surface area contributed by atoms with Crippen LogP contribution in [0.3, 0.4) is 0 Å². The summed E-state index contributed by atoms with van der Waals surface area (Å²) >= 11 is 0. The zero-order valence-electron chi connectivity index (χ0n) is 13.4. The van der Waals surface area contributed by atoms with Gasteiger partial charge in [-0.3, -0.25) is 14.7 Å². The Morgan fingerprint density at radius 2 is 1.92 bits per heavy atom. The summed E-state index contributed by atoms with van der Waals surface area (Å²) < 4.78 is 1.67. The Morgan fingerprint density at radius 3 is 2.58 bits per heavy atom. The van der Waals surface area contributed by atoms with Crippen molar-refractivity contribution in [1.29, 1.82) is 0 Å². The minimum Gasteiger partial charge on any atom is -0.348 e. The molecule has 2 N–H and O–H groups in total. The SMILES string of the molecule is O=C(NC1CCC(n2nc(C3CC3)ccc2=O)CC1)c1ccn[nH]1. The van der Waals surface area contributed by atoms with Crippen LogP contribution in [0.15, 0.2) is 29.2 Å². The Morgan fingerprint density at radius 1 is 1.12 bits per heavy atom. The fourth-order valence-electron chi connectivity index (χ4n) is 3.41. The number of aromatic nitrogens is 4. The predicted octanol–water partition coefficient (Wildman–Crippen LogP) is 1.76. The summed E-state index contributed by atoms with van der Waals surface area (Å²) in [5.41, 5.74) is 1.50. The van der Waals surface area contributed by atoms with Crippen molar-refractivity contribution in [2.24, 2.45) is 0 Å². The van der Waals surface area contributed by atoms with E-state index in [1.807, 2.05) is 6.07 Å². The molecule has 2 heterocycles. The number of nitrogens with zero attached hydrogens (tertiary/aromatic N) is 3. The van der Waals surface area contributed by atoms with Gasteiger partial charge in [-0.05, 0) is 50.7 Å². The number of nitrogens with one attached hydrogen (secondary N) is 2. The topological polar surface area (TPSA) is 92.7 Å². The van der Waals surface area contributed by atoms with Gasteiger partial charge in [0.25, 0.3) is 11.5 Å². The van der Waals surface area contributed by atoms with E-state index in [1.165, 1.54) is 12.8 Å². The molecule has 0 unspecified atom stereocenters. The highest BCUT2D eigenvalue weighted by molar-refractivity contribution is 5.92. The van der Waals surface area contributed by atoms with Gasteiger partial charge in [-0.15, -0.1) is 0 Å². The Hall–Kier alpha value is -2.44. The second-order valence-corrected chi connectivity index (χ2v) is 6.76.